The summed E-state index contributed by atoms with van der Waals surface area (Å²) >= 11 is 0. The van der Waals surface area contributed by atoms with Gasteiger partial charge in [-0.25, -0.2) is 4.79 Å². The molecule has 0 rings (SSSR count). The molecule has 0 aromatic heterocycles. The van der Waals surface area contributed by atoms with Crippen molar-refractivity contribution in [2.75, 3.05) is 6.54 Å². The van der Waals surface area contributed by atoms with E-state index >= 15 is 0 Å². The van der Waals surface area contributed by atoms with Crippen molar-refractivity contribution in [1.82, 2.24) is 16.0 Å². The summed E-state index contributed by atoms with van der Waals surface area (Å²) in [6.07, 6.45) is -2.91. The predicted molar refractivity (Wildman–Crippen MR) is 123 cm³/mol. The molecule has 0 aromatic rings. The van der Waals surface area contributed by atoms with Gasteiger partial charge in [0.1, 0.15) is 18.1 Å². The first kappa shape index (κ1) is 32.5. The van der Waals surface area contributed by atoms with Gasteiger partial charge in [-0.15, -0.1) is 0 Å². The second kappa shape index (κ2) is 16.2. The van der Waals surface area contributed by atoms with Crippen molar-refractivity contribution in [3.05, 3.63) is 0 Å². The molecule has 0 aliphatic rings. The van der Waals surface area contributed by atoms with Gasteiger partial charge in [-0.2, -0.15) is 0 Å². The van der Waals surface area contributed by atoms with E-state index in [2.05, 4.69) is 15.6 Å². The number of carboxylic acid groups (broad SMARTS) is 4. The maximum atomic E-state index is 12.8. The molecule has 0 heterocycles. The van der Waals surface area contributed by atoms with E-state index in [1.54, 1.807) is 0 Å². The molecule has 18 nitrogen and oxygen atoms in total. The van der Waals surface area contributed by atoms with Gasteiger partial charge in [0.15, 0.2) is 5.96 Å². The topological polar surface area (TPSA) is 327 Å². The lowest BCUT2D eigenvalue weighted by atomic mass is 10.1. The third-order valence-electron chi connectivity index (χ3n) is 4.58. The molecule has 3 amide bonds. The third kappa shape index (κ3) is 14.5. The summed E-state index contributed by atoms with van der Waals surface area (Å²) in [5.74, 6) is -9.41. The second-order valence-corrected chi connectivity index (χ2v) is 7.71. The number of hydrogen-bond donors (Lipinski definition) is 10. The SMILES string of the molecule is NC(N)=NCCCC(NC(=O)C(CC(=O)O)NC(=O)C(N)CC(=O)O)C(=O)NC(CCC(=O)O)C(=O)O. The van der Waals surface area contributed by atoms with E-state index < -0.39 is 91.4 Å². The fourth-order valence-electron chi connectivity index (χ4n) is 2.79. The molecule has 4 atom stereocenters. The molecule has 0 radical (unpaired) electrons. The zero-order valence-corrected chi connectivity index (χ0v) is 19.6. The van der Waals surface area contributed by atoms with Gasteiger partial charge in [-0.3, -0.25) is 33.8 Å². The minimum Gasteiger partial charge on any atom is -0.481 e. The molecule has 208 valence electrons. The summed E-state index contributed by atoms with van der Waals surface area (Å²) in [5.41, 5.74) is 15.9. The maximum absolute atomic E-state index is 12.8. The number of hydrogen-bond acceptors (Lipinski definition) is 9. The number of carbonyl (C=O) groups excluding carboxylic acids is 3. The summed E-state index contributed by atoms with van der Waals surface area (Å²) < 4.78 is 0. The highest BCUT2D eigenvalue weighted by molar-refractivity contribution is 5.96. The van der Waals surface area contributed by atoms with Crippen LogP contribution in [-0.2, 0) is 33.6 Å². The quantitative estimate of drug-likeness (QED) is 0.0453. The maximum Gasteiger partial charge on any atom is 0.326 e. The lowest BCUT2D eigenvalue weighted by molar-refractivity contribution is -0.144. The first-order valence-corrected chi connectivity index (χ1v) is 10.7. The molecule has 0 saturated heterocycles. The average molecular weight is 533 g/mol. The highest BCUT2D eigenvalue weighted by atomic mass is 16.4. The largest absolute Gasteiger partial charge is 0.481 e. The number of aliphatic carboxylic acids is 4. The molecule has 0 fully saturated rings. The summed E-state index contributed by atoms with van der Waals surface area (Å²) in [6, 6.07) is -6.48. The molecule has 0 aliphatic heterocycles. The molecular weight excluding hydrogens is 502 g/mol. The highest BCUT2D eigenvalue weighted by Crippen LogP contribution is 2.05. The highest BCUT2D eigenvalue weighted by Gasteiger charge is 2.31. The first-order chi connectivity index (χ1) is 17.1. The minimum absolute atomic E-state index is 0.00267. The van der Waals surface area contributed by atoms with E-state index in [0.29, 0.717) is 0 Å². The van der Waals surface area contributed by atoms with E-state index in [4.69, 9.17) is 32.5 Å². The molecule has 0 aromatic carbocycles. The van der Waals surface area contributed by atoms with Gasteiger partial charge in [0.25, 0.3) is 0 Å². The summed E-state index contributed by atoms with van der Waals surface area (Å²) in [6.45, 7) is 0.00267. The molecular formula is C19H31N7O11. The normalized spacial score (nSPS) is 13.6. The Balaban J connectivity index is 5.69. The Bertz CT molecular complexity index is 905. The lowest BCUT2D eigenvalue weighted by Crippen LogP contribution is -2.57. The van der Waals surface area contributed by atoms with Crippen LogP contribution in [0.2, 0.25) is 0 Å². The number of amides is 3. The van der Waals surface area contributed by atoms with E-state index in [1.807, 2.05) is 5.32 Å². The summed E-state index contributed by atoms with van der Waals surface area (Å²) in [7, 11) is 0. The number of guanidine groups is 1. The number of nitrogens with two attached hydrogens (primary N) is 3. The zero-order valence-electron chi connectivity index (χ0n) is 19.6. The standard InChI is InChI=1S/C19H31N7O11/c20-8(6-13(29)30)15(33)26-11(7-14(31)32)17(35)24-9(2-1-5-23-19(21)22)16(34)25-10(18(36)37)3-4-12(27)28/h8-11H,1-7,20H2,(H,24,35)(H,25,34)(H,26,33)(H,27,28)(H,29,30)(H,31,32)(H,36,37)(H4,21,22,23). The van der Waals surface area contributed by atoms with Crippen LogP contribution in [0.3, 0.4) is 0 Å². The van der Waals surface area contributed by atoms with E-state index in [0.717, 1.165) is 0 Å². The van der Waals surface area contributed by atoms with Crippen molar-refractivity contribution >= 4 is 47.6 Å². The predicted octanol–water partition coefficient (Wildman–Crippen LogP) is -4.28. The van der Waals surface area contributed by atoms with Gasteiger partial charge in [-0.1, -0.05) is 0 Å². The molecule has 37 heavy (non-hydrogen) atoms. The minimum atomic E-state index is -1.78. The molecule has 18 heteroatoms. The fourth-order valence-corrected chi connectivity index (χ4v) is 2.79. The molecule has 4 unspecified atom stereocenters. The number of rotatable bonds is 18. The lowest BCUT2D eigenvalue weighted by Gasteiger charge is -2.24. The van der Waals surface area contributed by atoms with Gasteiger partial charge in [0.05, 0.1) is 18.9 Å². The molecule has 0 aliphatic carbocycles. The molecule has 13 N–H and O–H groups in total. The molecule has 0 saturated carbocycles. The Morgan fingerprint density at radius 1 is 0.676 bits per heavy atom. The second-order valence-electron chi connectivity index (χ2n) is 7.71. The van der Waals surface area contributed by atoms with E-state index in [-0.39, 0.29) is 25.3 Å². The molecule has 0 bridgehead atoms. The summed E-state index contributed by atoms with van der Waals surface area (Å²) in [4.78, 5) is 85.4. The van der Waals surface area contributed by atoms with Gasteiger partial charge in [0.2, 0.25) is 17.7 Å². The van der Waals surface area contributed by atoms with Gasteiger partial charge < -0.3 is 53.6 Å². The van der Waals surface area contributed by atoms with Gasteiger partial charge >= 0.3 is 23.9 Å². The van der Waals surface area contributed by atoms with Gasteiger partial charge in [0, 0.05) is 13.0 Å². The van der Waals surface area contributed by atoms with Crippen LogP contribution in [0.15, 0.2) is 4.99 Å². The van der Waals surface area contributed by atoms with Crippen LogP contribution in [0.4, 0.5) is 0 Å². The Kier molecular flexibility index (Phi) is 14.3. The van der Waals surface area contributed by atoms with Crippen molar-refractivity contribution in [2.24, 2.45) is 22.2 Å². The number of aliphatic imine (C=N–C) groups is 1. The zero-order chi connectivity index (χ0) is 28.7. The van der Waals surface area contributed by atoms with Crippen molar-refractivity contribution in [3.63, 3.8) is 0 Å². The Morgan fingerprint density at radius 2 is 1.19 bits per heavy atom. The molecule has 0 spiro atoms. The van der Waals surface area contributed by atoms with Crippen LogP contribution in [-0.4, -0.2) is 98.7 Å². The van der Waals surface area contributed by atoms with Gasteiger partial charge in [-0.05, 0) is 19.3 Å². The van der Waals surface area contributed by atoms with Crippen molar-refractivity contribution in [3.8, 4) is 0 Å². The first-order valence-electron chi connectivity index (χ1n) is 10.7. The van der Waals surface area contributed by atoms with Crippen LogP contribution in [0.5, 0.6) is 0 Å². The Labute approximate surface area is 209 Å². The van der Waals surface area contributed by atoms with E-state index in [1.165, 1.54) is 0 Å². The Morgan fingerprint density at radius 3 is 1.68 bits per heavy atom. The van der Waals surface area contributed by atoms with Crippen molar-refractivity contribution in [1.29, 1.82) is 0 Å². The van der Waals surface area contributed by atoms with E-state index in [9.17, 15) is 38.7 Å². The van der Waals surface area contributed by atoms with Crippen molar-refractivity contribution in [2.45, 2.75) is 62.7 Å². The number of carboxylic acids is 4. The summed E-state index contributed by atoms with van der Waals surface area (Å²) in [5, 5.41) is 42.2. The van der Waals surface area contributed by atoms with Crippen molar-refractivity contribution < 1.29 is 54.0 Å². The number of nitrogens with one attached hydrogen (secondary N) is 3. The number of carbonyl (C=O) groups is 7. The fraction of sp³-hybridized carbons (Fsp3) is 0.579. The van der Waals surface area contributed by atoms with Crippen LogP contribution < -0.4 is 33.2 Å². The van der Waals surface area contributed by atoms with Crippen LogP contribution in [0.25, 0.3) is 0 Å². The monoisotopic (exact) mass is 533 g/mol. The smallest absolute Gasteiger partial charge is 0.326 e. The third-order valence-corrected chi connectivity index (χ3v) is 4.58. The number of nitrogens with zero attached hydrogens (tertiary/aromatic N) is 1. The van der Waals surface area contributed by atoms with Crippen LogP contribution >= 0.6 is 0 Å². The Hall–Kier alpha value is -4.48. The average Bonchev–Trinajstić information content (AvgIpc) is 2.76. The van der Waals surface area contributed by atoms with Crippen LogP contribution in [0.1, 0.15) is 38.5 Å². The van der Waals surface area contributed by atoms with Crippen LogP contribution in [0, 0.1) is 0 Å².